The van der Waals surface area contributed by atoms with Gasteiger partial charge < -0.3 is 9.47 Å². The van der Waals surface area contributed by atoms with Crippen LogP contribution in [-0.2, 0) is 19.7 Å². The summed E-state index contributed by atoms with van der Waals surface area (Å²) >= 11 is 0. The number of rotatable bonds is 14. The lowest BCUT2D eigenvalue weighted by Crippen LogP contribution is -2.12. The minimum absolute atomic E-state index is 0.525. The van der Waals surface area contributed by atoms with Crippen molar-refractivity contribution in [1.82, 2.24) is 0 Å². The molecule has 0 radical (unpaired) electrons. The van der Waals surface area contributed by atoms with E-state index in [1.165, 1.54) is 12.2 Å². The van der Waals surface area contributed by atoms with E-state index in [1.807, 2.05) is 0 Å². The van der Waals surface area contributed by atoms with Crippen molar-refractivity contribution in [2.45, 2.75) is 39.5 Å². The Labute approximate surface area is 197 Å². The van der Waals surface area contributed by atoms with Crippen molar-refractivity contribution in [3.8, 4) is 11.5 Å². The zero-order valence-electron chi connectivity index (χ0n) is 19.1. The van der Waals surface area contributed by atoms with Gasteiger partial charge in [-0.25, -0.2) is 16.8 Å². The van der Waals surface area contributed by atoms with E-state index in [1.54, 1.807) is 48.5 Å². The van der Waals surface area contributed by atoms with E-state index >= 15 is 0 Å². The number of unbranched alkanes of at least 4 members (excludes halogenated alkanes) is 2. The molecule has 0 saturated carbocycles. The number of benzene rings is 2. The van der Waals surface area contributed by atoms with Crippen molar-refractivity contribution in [1.29, 1.82) is 0 Å². The van der Waals surface area contributed by atoms with Crippen molar-refractivity contribution in [2.75, 3.05) is 18.3 Å². The molecule has 180 valence electrons. The maximum Gasteiger partial charge on any atom is 0.186 e. The van der Waals surface area contributed by atoms with E-state index in [-0.39, 0.29) is 0 Å². The molecule has 0 unspecified atom stereocenters. The summed E-state index contributed by atoms with van der Waals surface area (Å²) in [4.78, 5) is 0. The van der Waals surface area contributed by atoms with Gasteiger partial charge in [-0.2, -0.15) is 0 Å². The predicted molar refractivity (Wildman–Crippen MR) is 134 cm³/mol. The van der Waals surface area contributed by atoms with Gasteiger partial charge in [0, 0.05) is 21.9 Å². The molecular weight excluding hydrogens is 460 g/mol. The topological polar surface area (TPSA) is 86.7 Å². The molecule has 33 heavy (non-hydrogen) atoms. The maximum atomic E-state index is 12.5. The fourth-order valence-corrected chi connectivity index (χ4v) is 5.98. The molecule has 0 aromatic heterocycles. The number of sulfone groups is 2. The molecule has 0 fully saturated rings. The van der Waals surface area contributed by atoms with Gasteiger partial charge in [-0.15, -0.1) is 0 Å². The molecule has 0 aliphatic carbocycles. The normalized spacial score (nSPS) is 12.4. The van der Waals surface area contributed by atoms with Gasteiger partial charge in [0.05, 0.1) is 13.2 Å². The number of ether oxygens (including phenoxy) is 2. The smallest absolute Gasteiger partial charge is 0.186 e. The van der Waals surface area contributed by atoms with Crippen molar-refractivity contribution in [3.05, 3.63) is 70.5 Å². The third kappa shape index (κ3) is 9.84. The minimum Gasteiger partial charge on any atom is -0.493 e. The molecule has 2 aromatic carbocycles. The van der Waals surface area contributed by atoms with Crippen LogP contribution < -0.4 is 9.47 Å². The number of para-hydroxylation sites is 2. The van der Waals surface area contributed by atoms with E-state index in [2.05, 4.69) is 13.8 Å². The summed E-state index contributed by atoms with van der Waals surface area (Å²) in [5.41, 5.74) is 1.14. The fraction of sp³-hybridized carbons (Fsp3) is 0.360. The van der Waals surface area contributed by atoms with E-state index < -0.39 is 24.8 Å². The quantitative estimate of drug-likeness (QED) is 0.325. The van der Waals surface area contributed by atoms with Gasteiger partial charge in [0.1, 0.15) is 11.5 Å². The van der Waals surface area contributed by atoms with Gasteiger partial charge in [-0.3, -0.25) is 0 Å². The van der Waals surface area contributed by atoms with Crippen LogP contribution in [0.3, 0.4) is 0 Å². The molecule has 0 saturated heterocycles. The van der Waals surface area contributed by atoms with Crippen LogP contribution in [0.2, 0.25) is 0 Å². The van der Waals surface area contributed by atoms with E-state index in [9.17, 15) is 16.8 Å². The highest BCUT2D eigenvalue weighted by molar-refractivity contribution is 8.10. The Morgan fingerprint density at radius 2 is 1.06 bits per heavy atom. The van der Waals surface area contributed by atoms with Gasteiger partial charge in [0.2, 0.25) is 0 Å². The molecule has 0 atom stereocenters. The molecule has 0 amide bonds. The molecule has 0 N–H and O–H groups in total. The average molecular weight is 493 g/mol. The van der Waals surface area contributed by atoms with Gasteiger partial charge in [0.15, 0.2) is 24.8 Å². The Morgan fingerprint density at radius 3 is 1.45 bits per heavy atom. The van der Waals surface area contributed by atoms with Crippen LogP contribution in [0.25, 0.3) is 12.2 Å². The summed E-state index contributed by atoms with van der Waals surface area (Å²) in [6, 6.07) is 14.1. The first kappa shape index (κ1) is 26.7. The van der Waals surface area contributed by atoms with Crippen LogP contribution in [0.4, 0.5) is 0 Å². The molecule has 2 aromatic rings. The van der Waals surface area contributed by atoms with E-state index in [0.29, 0.717) is 35.8 Å². The molecule has 0 aliphatic rings. The highest BCUT2D eigenvalue weighted by Gasteiger charge is 2.18. The standard InChI is InChI=1S/C25H32O6S2/c1-3-5-17-30-24-13-9-7-11-22(24)15-19-32(26,27)21-33(28,29)20-16-23-12-8-10-14-25(23)31-18-6-4-2/h7-16,19-20H,3-6,17-18,21H2,1-2H3/b19-15+,20-16+. The lowest BCUT2D eigenvalue weighted by atomic mass is 10.2. The average Bonchev–Trinajstić information content (AvgIpc) is 2.77. The monoisotopic (exact) mass is 492 g/mol. The fourth-order valence-electron chi connectivity index (χ4n) is 2.81. The Hall–Kier alpha value is -2.58. The second-order valence-electron chi connectivity index (χ2n) is 7.53. The molecule has 0 spiro atoms. The summed E-state index contributed by atoms with van der Waals surface area (Å²) in [5.74, 6) is 1.11. The predicted octanol–water partition coefficient (Wildman–Crippen LogP) is 5.47. The first-order valence-corrected chi connectivity index (χ1v) is 14.4. The van der Waals surface area contributed by atoms with Crippen molar-refractivity contribution in [3.63, 3.8) is 0 Å². The van der Waals surface area contributed by atoms with Crippen molar-refractivity contribution < 1.29 is 26.3 Å². The van der Waals surface area contributed by atoms with Gasteiger partial charge in [-0.05, 0) is 37.1 Å². The van der Waals surface area contributed by atoms with Gasteiger partial charge in [-0.1, -0.05) is 63.1 Å². The largest absolute Gasteiger partial charge is 0.493 e. The molecule has 8 heteroatoms. The SMILES string of the molecule is CCCCOc1ccccc1/C=C/S(=O)(=O)CS(=O)(=O)/C=C/c1ccccc1OCCCC. The first-order chi connectivity index (χ1) is 15.8. The second kappa shape index (κ2) is 13.2. The van der Waals surface area contributed by atoms with Crippen molar-refractivity contribution >= 4 is 31.8 Å². The van der Waals surface area contributed by atoms with Crippen LogP contribution in [0.5, 0.6) is 11.5 Å². The molecular formula is C25H32O6S2. The Bertz CT molecular complexity index is 1060. The van der Waals surface area contributed by atoms with Crippen LogP contribution in [-0.4, -0.2) is 35.1 Å². The van der Waals surface area contributed by atoms with E-state index in [4.69, 9.17) is 9.47 Å². The second-order valence-corrected chi connectivity index (χ2v) is 11.7. The van der Waals surface area contributed by atoms with Gasteiger partial charge in [0.25, 0.3) is 0 Å². The minimum atomic E-state index is -4.02. The zero-order chi connectivity index (χ0) is 24.2. The third-order valence-corrected chi connectivity index (χ3v) is 8.32. The molecule has 2 rings (SSSR count). The Kier molecular flexibility index (Phi) is 10.7. The maximum absolute atomic E-state index is 12.5. The highest BCUT2D eigenvalue weighted by Crippen LogP contribution is 2.22. The summed E-state index contributed by atoms with van der Waals surface area (Å²) in [6.07, 6.45) is 6.46. The summed E-state index contributed by atoms with van der Waals surface area (Å²) in [6.45, 7) is 5.15. The van der Waals surface area contributed by atoms with Crippen LogP contribution in [0, 0.1) is 0 Å². The highest BCUT2D eigenvalue weighted by atomic mass is 32.3. The van der Waals surface area contributed by atoms with Crippen molar-refractivity contribution in [2.24, 2.45) is 0 Å². The molecule has 6 nitrogen and oxygen atoms in total. The number of hydrogen-bond donors (Lipinski definition) is 0. The van der Waals surface area contributed by atoms with Crippen LogP contribution in [0.1, 0.15) is 50.7 Å². The number of hydrogen-bond acceptors (Lipinski definition) is 6. The zero-order valence-corrected chi connectivity index (χ0v) is 20.8. The lowest BCUT2D eigenvalue weighted by molar-refractivity contribution is 0.308. The Morgan fingerprint density at radius 1 is 0.667 bits per heavy atom. The summed E-state index contributed by atoms with van der Waals surface area (Å²) in [5, 5.41) is 0.815. The Balaban J connectivity index is 2.11. The third-order valence-electron chi connectivity index (χ3n) is 4.59. The summed E-state index contributed by atoms with van der Waals surface area (Å²) in [7, 11) is -8.04. The lowest BCUT2D eigenvalue weighted by Gasteiger charge is -2.08. The van der Waals surface area contributed by atoms with Crippen LogP contribution >= 0.6 is 0 Å². The van der Waals surface area contributed by atoms with E-state index in [0.717, 1.165) is 36.5 Å². The van der Waals surface area contributed by atoms with Crippen LogP contribution in [0.15, 0.2) is 59.3 Å². The molecule has 0 heterocycles. The summed E-state index contributed by atoms with van der Waals surface area (Å²) < 4.78 is 61.3. The first-order valence-electron chi connectivity index (χ1n) is 11.0. The molecule has 0 bridgehead atoms. The van der Waals surface area contributed by atoms with Gasteiger partial charge >= 0.3 is 0 Å². The molecule has 0 aliphatic heterocycles.